The molecular weight excluding hydrogens is 248 g/mol. The zero-order chi connectivity index (χ0) is 13.7. The van der Waals surface area contributed by atoms with Crippen LogP contribution in [0.5, 0.6) is 0 Å². The maximum absolute atomic E-state index is 12.8. The van der Waals surface area contributed by atoms with Gasteiger partial charge in [-0.1, -0.05) is 24.3 Å². The molecule has 2 aliphatic carbocycles. The molecule has 1 aliphatic heterocycles. The summed E-state index contributed by atoms with van der Waals surface area (Å²) in [7, 11) is 2.00. The first-order valence-electron chi connectivity index (χ1n) is 7.82. The Morgan fingerprint density at radius 1 is 1.30 bits per heavy atom. The van der Waals surface area contributed by atoms with Crippen LogP contribution < -0.4 is 5.32 Å². The van der Waals surface area contributed by atoms with Gasteiger partial charge in [0.1, 0.15) is 0 Å². The van der Waals surface area contributed by atoms with Crippen LogP contribution in [0.25, 0.3) is 0 Å². The zero-order valence-corrected chi connectivity index (χ0v) is 12.0. The van der Waals surface area contributed by atoms with Crippen molar-refractivity contribution in [2.45, 2.75) is 31.2 Å². The summed E-state index contributed by atoms with van der Waals surface area (Å²) < 4.78 is 0. The number of fused-ring (bicyclic) bond motifs is 3. The van der Waals surface area contributed by atoms with Crippen LogP contribution in [-0.4, -0.2) is 37.0 Å². The van der Waals surface area contributed by atoms with E-state index in [-0.39, 0.29) is 5.92 Å². The highest BCUT2D eigenvalue weighted by molar-refractivity contribution is 5.84. The fourth-order valence-electron chi connectivity index (χ4n) is 4.29. The van der Waals surface area contributed by atoms with Gasteiger partial charge in [0, 0.05) is 25.6 Å². The molecule has 1 amide bonds. The molecule has 0 aromatic heterocycles. The van der Waals surface area contributed by atoms with Gasteiger partial charge in [-0.2, -0.15) is 0 Å². The van der Waals surface area contributed by atoms with Crippen molar-refractivity contribution in [3.05, 3.63) is 35.4 Å². The number of benzene rings is 1. The van der Waals surface area contributed by atoms with E-state index in [9.17, 15) is 4.79 Å². The van der Waals surface area contributed by atoms with Crippen LogP contribution in [0.15, 0.2) is 24.3 Å². The summed E-state index contributed by atoms with van der Waals surface area (Å²) in [6.45, 7) is 2.00. The molecule has 0 spiro atoms. The van der Waals surface area contributed by atoms with Crippen molar-refractivity contribution in [1.29, 1.82) is 0 Å². The molecule has 3 aliphatic rings. The van der Waals surface area contributed by atoms with Gasteiger partial charge < -0.3 is 10.2 Å². The molecule has 3 nitrogen and oxygen atoms in total. The van der Waals surface area contributed by atoms with Crippen LogP contribution in [-0.2, 0) is 11.2 Å². The third-order valence-corrected chi connectivity index (χ3v) is 5.54. The lowest BCUT2D eigenvalue weighted by atomic mass is 9.92. The van der Waals surface area contributed by atoms with Gasteiger partial charge in [0.15, 0.2) is 0 Å². The molecule has 1 saturated carbocycles. The first-order chi connectivity index (χ1) is 9.77. The van der Waals surface area contributed by atoms with Gasteiger partial charge >= 0.3 is 0 Å². The first kappa shape index (κ1) is 12.4. The molecule has 20 heavy (non-hydrogen) atoms. The number of nitrogens with zero attached hydrogens (tertiary/aromatic N) is 1. The maximum atomic E-state index is 12.8. The number of carbonyl (C=O) groups excluding carboxylic acids is 1. The number of hydrogen-bond donors (Lipinski definition) is 1. The number of likely N-dealkylation sites (N-methyl/N-ethyl adjacent to an activating group) is 1. The van der Waals surface area contributed by atoms with Crippen LogP contribution >= 0.6 is 0 Å². The molecule has 1 aromatic carbocycles. The van der Waals surface area contributed by atoms with Crippen LogP contribution in [0.4, 0.5) is 0 Å². The molecule has 0 radical (unpaired) electrons. The van der Waals surface area contributed by atoms with Crippen molar-refractivity contribution < 1.29 is 4.79 Å². The van der Waals surface area contributed by atoms with Gasteiger partial charge in [0.2, 0.25) is 5.91 Å². The molecule has 1 heterocycles. The van der Waals surface area contributed by atoms with Gasteiger partial charge in [0.05, 0.1) is 0 Å². The Bertz CT molecular complexity index is 536. The van der Waals surface area contributed by atoms with Gasteiger partial charge in [-0.15, -0.1) is 0 Å². The minimum absolute atomic E-state index is 0.254. The quantitative estimate of drug-likeness (QED) is 0.888. The molecule has 2 fully saturated rings. The number of amides is 1. The van der Waals surface area contributed by atoms with Gasteiger partial charge in [-0.3, -0.25) is 4.79 Å². The lowest BCUT2D eigenvalue weighted by molar-refractivity contribution is -0.133. The van der Waals surface area contributed by atoms with Crippen molar-refractivity contribution >= 4 is 5.91 Å². The number of nitrogens with one attached hydrogen (secondary N) is 1. The predicted octanol–water partition coefficient (Wildman–Crippen LogP) is 1.78. The normalized spacial score (nSPS) is 34.2. The minimum Gasteiger partial charge on any atom is -0.341 e. The summed E-state index contributed by atoms with van der Waals surface area (Å²) in [5.74, 6) is 1.74. The van der Waals surface area contributed by atoms with Crippen molar-refractivity contribution in [1.82, 2.24) is 10.2 Å². The monoisotopic (exact) mass is 270 g/mol. The zero-order valence-electron chi connectivity index (χ0n) is 12.0. The summed E-state index contributed by atoms with van der Waals surface area (Å²) in [6.07, 6.45) is 3.44. The SMILES string of the molecule is CN(C(=O)C1C2CCc3ccccc3C21)C1CCNC1. The second-order valence-corrected chi connectivity index (χ2v) is 6.55. The van der Waals surface area contributed by atoms with Crippen molar-refractivity contribution in [3.63, 3.8) is 0 Å². The Morgan fingerprint density at radius 2 is 2.15 bits per heavy atom. The highest BCUT2D eigenvalue weighted by atomic mass is 16.2. The topological polar surface area (TPSA) is 32.3 Å². The Hall–Kier alpha value is -1.35. The number of hydrogen-bond acceptors (Lipinski definition) is 2. The Labute approximate surface area is 120 Å². The fraction of sp³-hybridized carbons (Fsp3) is 0.588. The van der Waals surface area contributed by atoms with E-state index in [0.717, 1.165) is 25.9 Å². The second-order valence-electron chi connectivity index (χ2n) is 6.55. The van der Waals surface area contributed by atoms with E-state index < -0.39 is 0 Å². The standard InChI is InChI=1S/C17H22N2O/c1-19(12-8-9-18-10-12)17(20)16-14-7-6-11-4-2-3-5-13(11)15(14)16/h2-5,12,14-16,18H,6-10H2,1H3. The average Bonchev–Trinajstić information content (AvgIpc) is 2.97. The number of aryl methyl sites for hydroxylation is 1. The molecular formula is C17H22N2O. The second kappa shape index (κ2) is 4.59. The highest BCUT2D eigenvalue weighted by Gasteiger charge is 2.58. The lowest BCUT2D eigenvalue weighted by Crippen LogP contribution is -2.39. The fourth-order valence-corrected chi connectivity index (χ4v) is 4.29. The van der Waals surface area contributed by atoms with Crippen LogP contribution in [0, 0.1) is 11.8 Å². The highest BCUT2D eigenvalue weighted by Crippen LogP contribution is 2.60. The van der Waals surface area contributed by atoms with E-state index in [1.807, 2.05) is 11.9 Å². The summed E-state index contributed by atoms with van der Waals surface area (Å²) in [5.41, 5.74) is 2.91. The lowest BCUT2D eigenvalue weighted by Gasteiger charge is -2.24. The van der Waals surface area contributed by atoms with Gasteiger partial charge in [-0.25, -0.2) is 0 Å². The minimum atomic E-state index is 0.254. The molecule has 1 N–H and O–H groups in total. The molecule has 1 saturated heterocycles. The van der Waals surface area contributed by atoms with Crippen molar-refractivity contribution in [3.8, 4) is 0 Å². The summed E-state index contributed by atoms with van der Waals surface area (Å²) in [6, 6.07) is 9.10. The number of carbonyl (C=O) groups is 1. The van der Waals surface area contributed by atoms with Crippen LogP contribution in [0.2, 0.25) is 0 Å². The van der Waals surface area contributed by atoms with Crippen molar-refractivity contribution in [2.24, 2.45) is 11.8 Å². The maximum Gasteiger partial charge on any atom is 0.226 e. The molecule has 4 unspecified atom stereocenters. The van der Waals surface area contributed by atoms with E-state index in [2.05, 4.69) is 29.6 Å². The first-order valence-corrected chi connectivity index (χ1v) is 7.82. The van der Waals surface area contributed by atoms with E-state index in [0.29, 0.717) is 23.8 Å². The van der Waals surface area contributed by atoms with Crippen LogP contribution in [0.1, 0.15) is 29.9 Å². The van der Waals surface area contributed by atoms with Crippen LogP contribution in [0.3, 0.4) is 0 Å². The molecule has 1 aromatic rings. The summed E-state index contributed by atoms with van der Waals surface area (Å²) in [4.78, 5) is 14.8. The predicted molar refractivity (Wildman–Crippen MR) is 78.5 cm³/mol. The Morgan fingerprint density at radius 3 is 2.95 bits per heavy atom. The Kier molecular flexibility index (Phi) is 2.84. The smallest absolute Gasteiger partial charge is 0.226 e. The largest absolute Gasteiger partial charge is 0.341 e. The molecule has 4 rings (SSSR count). The van der Waals surface area contributed by atoms with Gasteiger partial charge in [-0.05, 0) is 48.8 Å². The van der Waals surface area contributed by atoms with Gasteiger partial charge in [0.25, 0.3) is 0 Å². The van der Waals surface area contributed by atoms with E-state index in [4.69, 9.17) is 0 Å². The molecule has 4 atom stereocenters. The van der Waals surface area contributed by atoms with Crippen molar-refractivity contribution in [2.75, 3.05) is 20.1 Å². The Balaban J connectivity index is 1.53. The number of rotatable bonds is 2. The molecule has 106 valence electrons. The average molecular weight is 270 g/mol. The third kappa shape index (κ3) is 1.80. The van der Waals surface area contributed by atoms with E-state index in [1.54, 1.807) is 0 Å². The molecule has 0 bridgehead atoms. The summed E-state index contributed by atoms with van der Waals surface area (Å²) >= 11 is 0. The van der Waals surface area contributed by atoms with E-state index >= 15 is 0 Å². The van der Waals surface area contributed by atoms with E-state index in [1.165, 1.54) is 17.5 Å². The third-order valence-electron chi connectivity index (χ3n) is 5.54. The molecule has 3 heteroatoms. The summed E-state index contributed by atoms with van der Waals surface area (Å²) in [5, 5.41) is 3.35.